The van der Waals surface area contributed by atoms with E-state index in [-0.39, 0.29) is 23.4 Å². The first kappa shape index (κ1) is 24.5. The molecule has 0 heterocycles. The maximum atomic E-state index is 13.6. The fraction of sp³-hybridized carbons (Fsp3) is 0.167. The molecule has 0 aliphatic heterocycles. The number of nitrogens with one attached hydrogen (secondary N) is 1. The number of nitrogens with two attached hydrogens (primary N) is 1. The Kier molecular flexibility index (Phi) is 7.99. The van der Waals surface area contributed by atoms with Crippen LogP contribution in [0.2, 0.25) is 0 Å². The predicted molar refractivity (Wildman–Crippen MR) is 122 cm³/mol. The molecule has 0 aliphatic carbocycles. The third-order valence-electron chi connectivity index (χ3n) is 4.95. The standard InChI is InChI=1S/C24H22F2N4O4/c25-19-12-18(13-20(26)14-19)24(32)29(11-1-10-27)15-16-2-6-21(7-3-16)28-23(31)17-4-8-22(9-5-17)30(33)34/h2-9,12-14H,1,10-11,15,27H2,(H,28,31). The summed E-state index contributed by atoms with van der Waals surface area (Å²) in [5.41, 5.74) is 6.83. The summed E-state index contributed by atoms with van der Waals surface area (Å²) in [5, 5.41) is 13.4. The molecular formula is C24H22F2N4O4. The first-order valence-electron chi connectivity index (χ1n) is 10.4. The zero-order valence-electron chi connectivity index (χ0n) is 18.0. The fourth-order valence-corrected chi connectivity index (χ4v) is 3.25. The topological polar surface area (TPSA) is 119 Å². The maximum Gasteiger partial charge on any atom is 0.269 e. The quantitative estimate of drug-likeness (QED) is 0.362. The molecule has 0 atom stereocenters. The number of carbonyl (C=O) groups excluding carboxylic acids is 2. The number of carbonyl (C=O) groups is 2. The Balaban J connectivity index is 1.69. The highest BCUT2D eigenvalue weighted by atomic mass is 19.1. The van der Waals surface area contributed by atoms with Crippen molar-refractivity contribution >= 4 is 23.2 Å². The minimum absolute atomic E-state index is 0.0958. The average Bonchev–Trinajstić information content (AvgIpc) is 2.81. The SMILES string of the molecule is NCCCN(Cc1ccc(NC(=O)c2ccc([N+](=O)[O-])cc2)cc1)C(=O)c1cc(F)cc(F)c1. The van der Waals surface area contributed by atoms with Crippen LogP contribution in [-0.2, 0) is 6.54 Å². The summed E-state index contributed by atoms with van der Waals surface area (Å²) in [6.07, 6.45) is 0.507. The van der Waals surface area contributed by atoms with Gasteiger partial charge in [0.15, 0.2) is 0 Å². The van der Waals surface area contributed by atoms with Gasteiger partial charge in [0.25, 0.3) is 17.5 Å². The summed E-state index contributed by atoms with van der Waals surface area (Å²) in [4.78, 5) is 36.9. The molecule has 10 heteroatoms. The van der Waals surface area contributed by atoms with Gasteiger partial charge in [0, 0.05) is 48.1 Å². The van der Waals surface area contributed by atoms with Gasteiger partial charge < -0.3 is 16.0 Å². The molecule has 3 rings (SSSR count). The lowest BCUT2D eigenvalue weighted by Crippen LogP contribution is -2.32. The number of hydrogen-bond donors (Lipinski definition) is 2. The minimum atomic E-state index is -0.838. The van der Waals surface area contributed by atoms with Crippen molar-refractivity contribution in [3.05, 3.63) is 105 Å². The zero-order chi connectivity index (χ0) is 24.7. The van der Waals surface area contributed by atoms with E-state index in [0.29, 0.717) is 31.3 Å². The van der Waals surface area contributed by atoms with Crippen LogP contribution in [0.4, 0.5) is 20.2 Å². The number of non-ortho nitro benzene ring substituents is 1. The smallest absolute Gasteiger partial charge is 0.269 e. The van der Waals surface area contributed by atoms with Crippen molar-refractivity contribution in [2.45, 2.75) is 13.0 Å². The molecule has 0 fully saturated rings. The Hall–Kier alpha value is -4.18. The van der Waals surface area contributed by atoms with Crippen LogP contribution in [0.3, 0.4) is 0 Å². The number of nitro groups is 1. The Bertz CT molecular complexity index is 1160. The van der Waals surface area contributed by atoms with E-state index in [2.05, 4.69) is 5.32 Å². The highest BCUT2D eigenvalue weighted by Crippen LogP contribution is 2.17. The molecular weight excluding hydrogens is 446 g/mol. The van der Waals surface area contributed by atoms with Crippen LogP contribution in [0.25, 0.3) is 0 Å². The summed E-state index contributed by atoms with van der Waals surface area (Å²) >= 11 is 0. The third-order valence-corrected chi connectivity index (χ3v) is 4.95. The van der Waals surface area contributed by atoms with Crippen molar-refractivity contribution < 1.29 is 23.3 Å². The van der Waals surface area contributed by atoms with Gasteiger partial charge >= 0.3 is 0 Å². The van der Waals surface area contributed by atoms with Crippen LogP contribution < -0.4 is 11.1 Å². The minimum Gasteiger partial charge on any atom is -0.334 e. The van der Waals surface area contributed by atoms with Gasteiger partial charge in [-0.1, -0.05) is 12.1 Å². The Morgan fingerprint density at radius 3 is 2.12 bits per heavy atom. The van der Waals surface area contributed by atoms with Crippen molar-refractivity contribution in [3.63, 3.8) is 0 Å². The lowest BCUT2D eigenvalue weighted by Gasteiger charge is -2.23. The molecule has 34 heavy (non-hydrogen) atoms. The van der Waals surface area contributed by atoms with Crippen LogP contribution >= 0.6 is 0 Å². The molecule has 3 aromatic carbocycles. The summed E-state index contributed by atoms with van der Waals surface area (Å²) < 4.78 is 27.1. The fourth-order valence-electron chi connectivity index (χ4n) is 3.25. The Labute approximate surface area is 194 Å². The zero-order valence-corrected chi connectivity index (χ0v) is 18.0. The van der Waals surface area contributed by atoms with E-state index in [9.17, 15) is 28.5 Å². The number of anilines is 1. The largest absolute Gasteiger partial charge is 0.334 e. The van der Waals surface area contributed by atoms with Crippen molar-refractivity contribution in [1.29, 1.82) is 0 Å². The van der Waals surface area contributed by atoms with E-state index in [1.165, 1.54) is 29.2 Å². The molecule has 0 saturated heterocycles. The highest BCUT2D eigenvalue weighted by molar-refractivity contribution is 6.04. The van der Waals surface area contributed by atoms with Gasteiger partial charge in [-0.15, -0.1) is 0 Å². The van der Waals surface area contributed by atoms with E-state index in [1.807, 2.05) is 0 Å². The van der Waals surface area contributed by atoms with Crippen molar-refractivity contribution in [2.75, 3.05) is 18.4 Å². The van der Waals surface area contributed by atoms with E-state index < -0.39 is 28.4 Å². The number of amides is 2. The first-order valence-corrected chi connectivity index (χ1v) is 10.4. The number of rotatable bonds is 9. The van der Waals surface area contributed by atoms with Gasteiger partial charge in [0.1, 0.15) is 11.6 Å². The molecule has 8 nitrogen and oxygen atoms in total. The molecule has 3 N–H and O–H groups in total. The second kappa shape index (κ2) is 11.1. The first-order chi connectivity index (χ1) is 16.3. The number of halogens is 2. The molecule has 0 bridgehead atoms. The number of nitrogens with zero attached hydrogens (tertiary/aromatic N) is 2. The van der Waals surface area contributed by atoms with Gasteiger partial charge in [0.05, 0.1) is 4.92 Å². The molecule has 0 unspecified atom stereocenters. The van der Waals surface area contributed by atoms with Gasteiger partial charge in [0.2, 0.25) is 0 Å². The molecule has 0 saturated carbocycles. The van der Waals surface area contributed by atoms with Crippen molar-refractivity contribution in [1.82, 2.24) is 4.90 Å². The predicted octanol–water partition coefficient (Wildman–Crippen LogP) is 4.12. The van der Waals surface area contributed by atoms with Gasteiger partial charge in [-0.3, -0.25) is 19.7 Å². The highest BCUT2D eigenvalue weighted by Gasteiger charge is 2.18. The number of hydrogen-bond acceptors (Lipinski definition) is 5. The normalized spacial score (nSPS) is 10.6. The molecule has 176 valence electrons. The van der Waals surface area contributed by atoms with Crippen LogP contribution in [0, 0.1) is 21.7 Å². The lowest BCUT2D eigenvalue weighted by atomic mass is 10.1. The van der Waals surface area contributed by atoms with Gasteiger partial charge in [-0.2, -0.15) is 0 Å². The molecule has 3 aromatic rings. The molecule has 0 aromatic heterocycles. The van der Waals surface area contributed by atoms with Crippen LogP contribution in [0.15, 0.2) is 66.7 Å². The number of benzene rings is 3. The van der Waals surface area contributed by atoms with Gasteiger partial charge in [-0.05, 0) is 54.9 Å². The average molecular weight is 468 g/mol. The van der Waals surface area contributed by atoms with Crippen LogP contribution in [0.1, 0.15) is 32.7 Å². The molecule has 0 radical (unpaired) electrons. The maximum absolute atomic E-state index is 13.6. The lowest BCUT2D eigenvalue weighted by molar-refractivity contribution is -0.384. The van der Waals surface area contributed by atoms with Crippen molar-refractivity contribution in [3.8, 4) is 0 Å². The molecule has 2 amide bonds. The Morgan fingerprint density at radius 1 is 0.941 bits per heavy atom. The monoisotopic (exact) mass is 468 g/mol. The summed E-state index contributed by atoms with van der Waals surface area (Å²) in [6.45, 7) is 0.814. The molecule has 0 aliphatic rings. The van der Waals surface area contributed by atoms with Crippen molar-refractivity contribution in [2.24, 2.45) is 5.73 Å². The van der Waals surface area contributed by atoms with E-state index in [1.54, 1.807) is 24.3 Å². The summed E-state index contributed by atoms with van der Waals surface area (Å²) in [6, 6.07) is 14.6. The van der Waals surface area contributed by atoms with E-state index in [0.717, 1.165) is 17.7 Å². The van der Waals surface area contributed by atoms with Crippen LogP contribution in [-0.4, -0.2) is 34.7 Å². The number of nitro benzene ring substituents is 1. The second-order valence-corrected chi connectivity index (χ2v) is 7.48. The van der Waals surface area contributed by atoms with E-state index >= 15 is 0 Å². The summed E-state index contributed by atoms with van der Waals surface area (Å²) in [5.74, 6) is -2.64. The molecule has 0 spiro atoms. The third kappa shape index (κ3) is 6.42. The summed E-state index contributed by atoms with van der Waals surface area (Å²) in [7, 11) is 0. The van der Waals surface area contributed by atoms with Crippen LogP contribution in [0.5, 0.6) is 0 Å². The Morgan fingerprint density at radius 2 is 1.56 bits per heavy atom. The van der Waals surface area contributed by atoms with E-state index in [4.69, 9.17) is 5.73 Å². The second-order valence-electron chi connectivity index (χ2n) is 7.48. The van der Waals surface area contributed by atoms with Gasteiger partial charge in [-0.25, -0.2) is 8.78 Å².